The van der Waals surface area contributed by atoms with Crippen LogP contribution in [0.1, 0.15) is 12.6 Å². The van der Waals surface area contributed by atoms with Gasteiger partial charge in [-0.25, -0.2) is 4.98 Å². The molecule has 56 valence electrons. The maximum atomic E-state index is 8.62. The summed E-state index contributed by atoms with van der Waals surface area (Å²) in [7, 11) is 0. The van der Waals surface area contributed by atoms with E-state index >= 15 is 0 Å². The van der Waals surface area contributed by atoms with Crippen molar-refractivity contribution < 1.29 is 0 Å². The molecule has 0 unspecified atom stereocenters. The van der Waals surface area contributed by atoms with E-state index in [0.29, 0.717) is 5.69 Å². The second kappa shape index (κ2) is 3.99. The summed E-state index contributed by atoms with van der Waals surface area (Å²) < 4.78 is 0. The van der Waals surface area contributed by atoms with Gasteiger partial charge in [0.1, 0.15) is 6.07 Å². The molecule has 2 nitrogen and oxygen atoms in total. The van der Waals surface area contributed by atoms with E-state index in [9.17, 15) is 0 Å². The predicted octanol–water partition coefficient (Wildman–Crippen LogP) is 2.07. The molecule has 0 bridgehead atoms. The van der Waals surface area contributed by atoms with Crippen LogP contribution in [-0.4, -0.2) is 10.7 Å². The van der Waals surface area contributed by atoms with Crippen molar-refractivity contribution in [2.24, 2.45) is 0 Å². The molecule has 0 atom stereocenters. The van der Waals surface area contributed by atoms with Crippen LogP contribution in [0, 0.1) is 11.3 Å². The Morgan fingerprint density at radius 1 is 1.73 bits per heavy atom. The topological polar surface area (TPSA) is 36.7 Å². The Bertz CT molecular complexity index is 278. The van der Waals surface area contributed by atoms with Gasteiger partial charge in [-0.3, -0.25) is 0 Å². The Hall–Kier alpha value is -1.01. The Labute approximate surface area is 70.3 Å². The van der Waals surface area contributed by atoms with Gasteiger partial charge in [-0.15, -0.1) is 11.8 Å². The van der Waals surface area contributed by atoms with Crippen LogP contribution in [0.15, 0.2) is 23.2 Å². The molecule has 1 rings (SSSR count). The fraction of sp³-hybridized carbons (Fsp3) is 0.250. The predicted molar refractivity (Wildman–Crippen MR) is 45.4 cm³/mol. The van der Waals surface area contributed by atoms with Crippen LogP contribution in [0.25, 0.3) is 0 Å². The van der Waals surface area contributed by atoms with Crippen LogP contribution in [-0.2, 0) is 0 Å². The summed E-state index contributed by atoms with van der Waals surface area (Å²) in [6.07, 6.45) is 1.64. The molecular formula is C8H8N2S. The molecule has 0 saturated carbocycles. The first-order valence-electron chi connectivity index (χ1n) is 3.36. The van der Waals surface area contributed by atoms with Gasteiger partial charge in [0.15, 0.2) is 5.69 Å². The molecule has 1 aromatic rings. The van der Waals surface area contributed by atoms with Crippen LogP contribution in [0.3, 0.4) is 0 Å². The van der Waals surface area contributed by atoms with Gasteiger partial charge >= 0.3 is 0 Å². The lowest BCUT2D eigenvalue weighted by Crippen LogP contribution is -1.84. The SMILES string of the molecule is CCSc1cccnc1C#N. The molecule has 0 radical (unpaired) electrons. The molecule has 0 saturated heterocycles. The van der Waals surface area contributed by atoms with Crippen LogP contribution in [0.4, 0.5) is 0 Å². The van der Waals surface area contributed by atoms with E-state index in [1.165, 1.54) is 0 Å². The fourth-order valence-corrected chi connectivity index (χ4v) is 1.47. The zero-order chi connectivity index (χ0) is 8.10. The van der Waals surface area contributed by atoms with Gasteiger partial charge < -0.3 is 0 Å². The van der Waals surface area contributed by atoms with Gasteiger partial charge in [-0.2, -0.15) is 5.26 Å². The second-order valence-electron chi connectivity index (χ2n) is 1.89. The van der Waals surface area contributed by atoms with Crippen LogP contribution >= 0.6 is 11.8 Å². The summed E-state index contributed by atoms with van der Waals surface area (Å²) in [6, 6.07) is 5.81. The summed E-state index contributed by atoms with van der Waals surface area (Å²) in [5.41, 5.74) is 0.527. The molecule has 3 heteroatoms. The average Bonchev–Trinajstić information content (AvgIpc) is 2.06. The number of aromatic nitrogens is 1. The van der Waals surface area contributed by atoms with Crippen molar-refractivity contribution in [2.45, 2.75) is 11.8 Å². The normalized spacial score (nSPS) is 9.09. The number of pyridine rings is 1. The zero-order valence-electron chi connectivity index (χ0n) is 6.24. The summed E-state index contributed by atoms with van der Waals surface area (Å²) in [5.74, 6) is 0.973. The quantitative estimate of drug-likeness (QED) is 0.628. The van der Waals surface area contributed by atoms with E-state index in [1.54, 1.807) is 18.0 Å². The minimum Gasteiger partial charge on any atom is -0.244 e. The van der Waals surface area contributed by atoms with Crippen molar-refractivity contribution in [1.29, 1.82) is 5.26 Å². The highest BCUT2D eigenvalue weighted by Gasteiger charge is 1.99. The van der Waals surface area contributed by atoms with E-state index < -0.39 is 0 Å². The Morgan fingerprint density at radius 2 is 2.55 bits per heavy atom. The molecule has 0 aliphatic carbocycles. The van der Waals surface area contributed by atoms with Crippen LogP contribution in [0.5, 0.6) is 0 Å². The highest BCUT2D eigenvalue weighted by Crippen LogP contribution is 2.19. The summed E-state index contributed by atoms with van der Waals surface area (Å²) in [6.45, 7) is 2.05. The molecule has 1 heterocycles. The van der Waals surface area contributed by atoms with Crippen LogP contribution < -0.4 is 0 Å². The van der Waals surface area contributed by atoms with Gasteiger partial charge in [-0.05, 0) is 17.9 Å². The van der Waals surface area contributed by atoms with Crippen molar-refractivity contribution in [1.82, 2.24) is 4.98 Å². The maximum absolute atomic E-state index is 8.62. The van der Waals surface area contributed by atoms with Crippen molar-refractivity contribution >= 4 is 11.8 Å². The van der Waals surface area contributed by atoms with Gasteiger partial charge in [0.25, 0.3) is 0 Å². The highest BCUT2D eigenvalue weighted by molar-refractivity contribution is 7.99. The Morgan fingerprint density at radius 3 is 3.18 bits per heavy atom. The van der Waals surface area contributed by atoms with Gasteiger partial charge in [0.05, 0.1) is 0 Å². The lowest BCUT2D eigenvalue weighted by Gasteiger charge is -1.97. The minimum atomic E-state index is 0.527. The van der Waals surface area contributed by atoms with Gasteiger partial charge in [0.2, 0.25) is 0 Å². The number of nitrogens with zero attached hydrogens (tertiary/aromatic N) is 2. The van der Waals surface area contributed by atoms with Crippen molar-refractivity contribution in [3.8, 4) is 6.07 Å². The molecule has 0 fully saturated rings. The van der Waals surface area contributed by atoms with Crippen LogP contribution in [0.2, 0.25) is 0 Å². The molecule has 0 spiro atoms. The van der Waals surface area contributed by atoms with E-state index in [4.69, 9.17) is 5.26 Å². The van der Waals surface area contributed by atoms with E-state index in [-0.39, 0.29) is 0 Å². The number of rotatable bonds is 2. The van der Waals surface area contributed by atoms with Crippen molar-refractivity contribution in [3.05, 3.63) is 24.0 Å². The molecule has 0 N–H and O–H groups in total. The minimum absolute atomic E-state index is 0.527. The third kappa shape index (κ3) is 1.95. The number of hydrogen-bond donors (Lipinski definition) is 0. The molecule has 11 heavy (non-hydrogen) atoms. The lowest BCUT2D eigenvalue weighted by atomic mass is 10.4. The third-order valence-corrected chi connectivity index (χ3v) is 2.11. The number of nitriles is 1. The Kier molecular flexibility index (Phi) is 2.94. The van der Waals surface area contributed by atoms with E-state index in [0.717, 1.165) is 10.6 Å². The summed E-state index contributed by atoms with van der Waals surface area (Å²) in [4.78, 5) is 4.90. The fourth-order valence-electron chi connectivity index (χ4n) is 0.746. The number of thioether (sulfide) groups is 1. The van der Waals surface area contributed by atoms with Crippen molar-refractivity contribution in [2.75, 3.05) is 5.75 Å². The third-order valence-electron chi connectivity index (χ3n) is 1.18. The maximum Gasteiger partial charge on any atom is 0.153 e. The smallest absolute Gasteiger partial charge is 0.153 e. The summed E-state index contributed by atoms with van der Waals surface area (Å²) >= 11 is 1.64. The van der Waals surface area contributed by atoms with E-state index in [1.807, 2.05) is 18.2 Å². The summed E-state index contributed by atoms with van der Waals surface area (Å²) in [5, 5.41) is 8.62. The first-order chi connectivity index (χ1) is 5.38. The molecule has 0 aliphatic rings. The first kappa shape index (κ1) is 8.09. The highest BCUT2D eigenvalue weighted by atomic mass is 32.2. The monoisotopic (exact) mass is 164 g/mol. The molecule has 0 aliphatic heterocycles. The molecule has 0 aromatic carbocycles. The Balaban J connectivity index is 2.95. The molecular weight excluding hydrogens is 156 g/mol. The van der Waals surface area contributed by atoms with Gasteiger partial charge in [-0.1, -0.05) is 6.92 Å². The number of hydrogen-bond acceptors (Lipinski definition) is 3. The average molecular weight is 164 g/mol. The largest absolute Gasteiger partial charge is 0.244 e. The first-order valence-corrected chi connectivity index (χ1v) is 4.35. The van der Waals surface area contributed by atoms with Crippen molar-refractivity contribution in [3.63, 3.8) is 0 Å². The lowest BCUT2D eigenvalue weighted by molar-refractivity contribution is 1.18. The molecule has 0 amide bonds. The van der Waals surface area contributed by atoms with Gasteiger partial charge in [0, 0.05) is 11.1 Å². The van der Waals surface area contributed by atoms with E-state index in [2.05, 4.69) is 11.9 Å². The zero-order valence-corrected chi connectivity index (χ0v) is 7.06. The molecule has 1 aromatic heterocycles. The second-order valence-corrected chi connectivity index (χ2v) is 3.20. The standard InChI is InChI=1S/C8H8N2S/c1-2-11-8-4-3-5-10-7(8)6-9/h3-5H,2H2,1H3.